The van der Waals surface area contributed by atoms with Crippen molar-refractivity contribution in [1.29, 1.82) is 0 Å². The summed E-state index contributed by atoms with van der Waals surface area (Å²) in [5.41, 5.74) is 0.908. The minimum Gasteiger partial charge on any atom is -0.497 e. The fourth-order valence-electron chi connectivity index (χ4n) is 3.50. The van der Waals surface area contributed by atoms with Crippen molar-refractivity contribution in [1.82, 2.24) is 15.0 Å². The molecular weight excluding hydrogens is 342 g/mol. The molecule has 0 radical (unpaired) electrons. The zero-order valence-corrected chi connectivity index (χ0v) is 16.3. The third-order valence-corrected chi connectivity index (χ3v) is 5.23. The van der Waals surface area contributed by atoms with Crippen LogP contribution in [0.2, 0.25) is 0 Å². The van der Waals surface area contributed by atoms with Gasteiger partial charge in [-0.2, -0.15) is 4.98 Å². The zero-order valence-electron chi connectivity index (χ0n) is 16.3. The Balaban J connectivity index is 1.51. The van der Waals surface area contributed by atoms with Crippen LogP contribution in [0.4, 0.5) is 0 Å². The molecule has 6 nitrogen and oxygen atoms in total. The van der Waals surface area contributed by atoms with Gasteiger partial charge in [-0.15, -0.1) is 0 Å². The number of hydrogen-bond donors (Lipinski definition) is 0. The second kappa shape index (κ2) is 9.53. The van der Waals surface area contributed by atoms with Crippen molar-refractivity contribution in [2.45, 2.75) is 57.8 Å². The Hall–Kier alpha value is -2.37. The van der Waals surface area contributed by atoms with E-state index in [0.29, 0.717) is 18.1 Å². The maximum Gasteiger partial charge on any atom is 0.230 e. The number of rotatable bonds is 8. The molecule has 0 N–H and O–H groups in total. The molecule has 1 saturated heterocycles. The Bertz CT molecular complexity index is 719. The summed E-state index contributed by atoms with van der Waals surface area (Å²) in [5, 5.41) is 4.12. The maximum absolute atomic E-state index is 12.3. The van der Waals surface area contributed by atoms with E-state index >= 15 is 0 Å². The van der Waals surface area contributed by atoms with Crippen molar-refractivity contribution in [3.05, 3.63) is 30.2 Å². The molecule has 0 unspecified atom stereocenters. The Morgan fingerprint density at radius 3 is 2.59 bits per heavy atom. The lowest BCUT2D eigenvalue weighted by molar-refractivity contribution is -0.132. The molecule has 1 aromatic carbocycles. The number of carbonyl (C=O) groups is 1. The van der Waals surface area contributed by atoms with E-state index < -0.39 is 0 Å². The number of ether oxygens (including phenoxy) is 1. The van der Waals surface area contributed by atoms with E-state index in [4.69, 9.17) is 9.26 Å². The molecule has 1 fully saturated rings. The van der Waals surface area contributed by atoms with Crippen LogP contribution in [0, 0.1) is 0 Å². The second-order valence-corrected chi connectivity index (χ2v) is 7.15. The van der Waals surface area contributed by atoms with Gasteiger partial charge in [-0.1, -0.05) is 31.3 Å². The normalized spacial score (nSPS) is 15.1. The van der Waals surface area contributed by atoms with Crippen LogP contribution in [0.5, 0.6) is 5.75 Å². The van der Waals surface area contributed by atoms with Gasteiger partial charge in [0.25, 0.3) is 0 Å². The van der Waals surface area contributed by atoms with E-state index in [0.717, 1.165) is 50.1 Å². The van der Waals surface area contributed by atoms with Crippen LogP contribution < -0.4 is 4.74 Å². The van der Waals surface area contributed by atoms with E-state index in [1.54, 1.807) is 7.11 Å². The van der Waals surface area contributed by atoms with Gasteiger partial charge < -0.3 is 14.2 Å². The third kappa shape index (κ3) is 5.08. The molecule has 0 saturated carbocycles. The fourth-order valence-corrected chi connectivity index (χ4v) is 3.50. The number of carbonyl (C=O) groups excluding carboxylic acids is 1. The van der Waals surface area contributed by atoms with E-state index in [9.17, 15) is 4.79 Å². The molecule has 1 aliphatic heterocycles. The largest absolute Gasteiger partial charge is 0.497 e. The Kier molecular flexibility index (Phi) is 6.85. The summed E-state index contributed by atoms with van der Waals surface area (Å²) in [6.07, 6.45) is 6.99. The van der Waals surface area contributed by atoms with Crippen LogP contribution in [-0.4, -0.2) is 41.1 Å². The summed E-state index contributed by atoms with van der Waals surface area (Å²) in [6.45, 7) is 3.74. The lowest BCUT2D eigenvalue weighted by atomic mass is 9.96. The van der Waals surface area contributed by atoms with Gasteiger partial charge in [0.2, 0.25) is 17.6 Å². The molecule has 1 amide bonds. The lowest BCUT2D eigenvalue weighted by Crippen LogP contribution is -2.37. The summed E-state index contributed by atoms with van der Waals surface area (Å²) >= 11 is 0. The maximum atomic E-state index is 12.3. The molecule has 0 bridgehead atoms. The van der Waals surface area contributed by atoms with E-state index in [1.807, 2.05) is 29.2 Å². The van der Waals surface area contributed by atoms with Gasteiger partial charge in [-0.05, 0) is 43.5 Å². The number of piperidine rings is 1. The topological polar surface area (TPSA) is 68.5 Å². The standard InChI is InChI=1S/C21H29N3O3/c1-3-4-5-6-7-19(25)24-14-12-17(13-15-24)21-22-20(23-27-21)16-8-10-18(26-2)11-9-16/h8-11,17H,3-7,12-15H2,1-2H3. The number of benzene rings is 1. The first-order chi connectivity index (χ1) is 13.2. The first-order valence-electron chi connectivity index (χ1n) is 9.97. The third-order valence-electron chi connectivity index (χ3n) is 5.23. The lowest BCUT2D eigenvalue weighted by Gasteiger charge is -2.30. The van der Waals surface area contributed by atoms with Crippen molar-refractivity contribution < 1.29 is 14.1 Å². The highest BCUT2D eigenvalue weighted by Crippen LogP contribution is 2.29. The number of likely N-dealkylation sites (tertiary alicyclic amines) is 1. The number of unbranched alkanes of at least 4 members (excludes halogenated alkanes) is 3. The van der Waals surface area contributed by atoms with Gasteiger partial charge in [0.05, 0.1) is 7.11 Å². The Morgan fingerprint density at radius 2 is 1.93 bits per heavy atom. The average Bonchev–Trinajstić information content (AvgIpc) is 3.21. The minimum absolute atomic E-state index is 0.230. The molecule has 3 rings (SSSR count). The molecule has 1 aliphatic rings. The van der Waals surface area contributed by atoms with Crippen molar-refractivity contribution in [3.63, 3.8) is 0 Å². The van der Waals surface area contributed by atoms with Crippen LogP contribution in [0.3, 0.4) is 0 Å². The SMILES string of the molecule is CCCCCCC(=O)N1CCC(c2nc(-c3ccc(OC)cc3)no2)CC1. The van der Waals surface area contributed by atoms with Crippen LogP contribution in [0.15, 0.2) is 28.8 Å². The van der Waals surface area contributed by atoms with E-state index in [1.165, 1.54) is 12.8 Å². The van der Waals surface area contributed by atoms with Gasteiger partial charge in [0.1, 0.15) is 5.75 Å². The molecule has 6 heteroatoms. The number of amides is 1. The molecule has 2 aromatic rings. The smallest absolute Gasteiger partial charge is 0.230 e. The highest BCUT2D eigenvalue weighted by atomic mass is 16.5. The van der Waals surface area contributed by atoms with E-state index in [2.05, 4.69) is 17.1 Å². The highest BCUT2D eigenvalue weighted by molar-refractivity contribution is 5.76. The number of aromatic nitrogens is 2. The van der Waals surface area contributed by atoms with Crippen LogP contribution in [0.25, 0.3) is 11.4 Å². The number of hydrogen-bond acceptors (Lipinski definition) is 5. The summed E-state index contributed by atoms with van der Waals surface area (Å²) in [6, 6.07) is 7.62. The van der Waals surface area contributed by atoms with Gasteiger partial charge in [0.15, 0.2) is 0 Å². The number of nitrogens with zero attached hydrogens (tertiary/aromatic N) is 3. The first kappa shape index (κ1) is 19.4. The molecule has 146 valence electrons. The van der Waals surface area contributed by atoms with Crippen molar-refractivity contribution in [3.8, 4) is 17.1 Å². The minimum atomic E-state index is 0.230. The Labute approximate surface area is 160 Å². The van der Waals surface area contributed by atoms with Crippen molar-refractivity contribution in [2.75, 3.05) is 20.2 Å². The molecule has 0 spiro atoms. The molecular formula is C21H29N3O3. The van der Waals surface area contributed by atoms with Gasteiger partial charge in [-0.3, -0.25) is 4.79 Å². The second-order valence-electron chi connectivity index (χ2n) is 7.15. The zero-order chi connectivity index (χ0) is 19.1. The predicted octanol–water partition coefficient (Wildman–Crippen LogP) is 4.42. The van der Waals surface area contributed by atoms with Crippen molar-refractivity contribution in [2.24, 2.45) is 0 Å². The summed E-state index contributed by atoms with van der Waals surface area (Å²) < 4.78 is 10.7. The Morgan fingerprint density at radius 1 is 1.19 bits per heavy atom. The van der Waals surface area contributed by atoms with Crippen molar-refractivity contribution >= 4 is 5.91 Å². The van der Waals surface area contributed by atoms with Gasteiger partial charge in [0, 0.05) is 31.0 Å². The van der Waals surface area contributed by atoms with Crippen LogP contribution in [0.1, 0.15) is 63.7 Å². The van der Waals surface area contributed by atoms with E-state index in [-0.39, 0.29) is 11.8 Å². The molecule has 1 aromatic heterocycles. The van der Waals surface area contributed by atoms with Gasteiger partial charge >= 0.3 is 0 Å². The summed E-state index contributed by atoms with van der Waals surface area (Å²) in [4.78, 5) is 18.9. The monoisotopic (exact) mass is 371 g/mol. The molecule has 0 atom stereocenters. The molecule has 0 aliphatic carbocycles. The van der Waals surface area contributed by atoms with Crippen LogP contribution in [-0.2, 0) is 4.79 Å². The molecule has 27 heavy (non-hydrogen) atoms. The summed E-state index contributed by atoms with van der Waals surface area (Å²) in [7, 11) is 1.64. The predicted molar refractivity (Wildman–Crippen MR) is 104 cm³/mol. The summed E-state index contributed by atoms with van der Waals surface area (Å²) in [5.74, 6) is 2.59. The first-order valence-corrected chi connectivity index (χ1v) is 9.97. The number of methoxy groups -OCH3 is 1. The van der Waals surface area contributed by atoms with Crippen LogP contribution >= 0.6 is 0 Å². The fraction of sp³-hybridized carbons (Fsp3) is 0.571. The van der Waals surface area contributed by atoms with Gasteiger partial charge in [-0.25, -0.2) is 0 Å². The average molecular weight is 371 g/mol. The highest BCUT2D eigenvalue weighted by Gasteiger charge is 2.27. The molecule has 2 heterocycles. The quantitative estimate of drug-likeness (QED) is 0.643.